The van der Waals surface area contributed by atoms with Crippen LogP contribution in [0, 0.1) is 10.8 Å². The Morgan fingerprint density at radius 3 is 1.84 bits per heavy atom. The Labute approximate surface area is 219 Å². The molecule has 5 heteroatoms. The van der Waals surface area contributed by atoms with Crippen LogP contribution in [-0.4, -0.2) is 26.4 Å². The summed E-state index contributed by atoms with van der Waals surface area (Å²) in [5.41, 5.74) is 4.93. The van der Waals surface area contributed by atoms with E-state index in [4.69, 9.17) is 25.8 Å². The zero-order chi connectivity index (χ0) is 25.6. The van der Waals surface area contributed by atoms with E-state index in [2.05, 4.69) is 36.4 Å². The van der Waals surface area contributed by atoms with Gasteiger partial charge in [0.2, 0.25) is 0 Å². The van der Waals surface area contributed by atoms with Crippen molar-refractivity contribution in [3.63, 3.8) is 0 Å². The van der Waals surface area contributed by atoms with Crippen molar-refractivity contribution in [2.45, 2.75) is 0 Å². The molecule has 6 aromatic rings. The third-order valence-electron chi connectivity index (χ3n) is 6.93. The average molecular weight is 488 g/mol. The van der Waals surface area contributed by atoms with E-state index >= 15 is 0 Å². The molecule has 0 amide bonds. The van der Waals surface area contributed by atoms with Gasteiger partial charge in [0.15, 0.2) is 17.5 Å². The van der Waals surface area contributed by atoms with Crippen LogP contribution in [0.25, 0.3) is 61.8 Å². The van der Waals surface area contributed by atoms with Crippen molar-refractivity contribution < 1.29 is 0 Å². The van der Waals surface area contributed by atoms with Gasteiger partial charge in [0.25, 0.3) is 0 Å². The molecule has 178 valence electrons. The molecule has 1 aromatic heterocycles. The van der Waals surface area contributed by atoms with Gasteiger partial charge in [-0.3, -0.25) is 10.8 Å². The second-order valence-electron chi connectivity index (χ2n) is 9.32. The van der Waals surface area contributed by atoms with Gasteiger partial charge >= 0.3 is 0 Å². The lowest BCUT2D eigenvalue weighted by atomic mass is 9.89. The van der Waals surface area contributed by atoms with Crippen LogP contribution < -0.4 is 0 Å². The molecule has 0 radical (unpaired) electrons. The first kappa shape index (κ1) is 21.9. The number of hydrogen-bond acceptors (Lipinski definition) is 5. The molecule has 7 rings (SSSR count). The van der Waals surface area contributed by atoms with Crippen molar-refractivity contribution in [2.24, 2.45) is 0 Å². The Morgan fingerprint density at radius 1 is 0.474 bits per heavy atom. The van der Waals surface area contributed by atoms with Crippen LogP contribution in [0.5, 0.6) is 0 Å². The van der Waals surface area contributed by atoms with Gasteiger partial charge in [0.1, 0.15) is 0 Å². The van der Waals surface area contributed by atoms with Gasteiger partial charge in [-0.15, -0.1) is 0 Å². The molecule has 0 aliphatic heterocycles. The maximum atomic E-state index is 8.47. The molecule has 38 heavy (non-hydrogen) atoms. The minimum atomic E-state index is 0.221. The molecule has 5 aromatic carbocycles. The normalized spacial score (nSPS) is 12.7. The van der Waals surface area contributed by atoms with Gasteiger partial charge in [-0.1, -0.05) is 97.1 Å². The molecular formula is C33H21N5. The number of fused-ring (bicyclic) bond motifs is 4. The number of allylic oxidation sites excluding steroid dienone is 1. The van der Waals surface area contributed by atoms with Gasteiger partial charge in [-0.25, -0.2) is 15.0 Å². The molecule has 2 N–H and O–H groups in total. The predicted octanol–water partition coefficient (Wildman–Crippen LogP) is 7.59. The number of rotatable bonds is 3. The smallest absolute Gasteiger partial charge is 0.164 e. The van der Waals surface area contributed by atoms with Gasteiger partial charge in [-0.05, 0) is 45.3 Å². The van der Waals surface area contributed by atoms with E-state index in [1.54, 1.807) is 6.08 Å². The summed E-state index contributed by atoms with van der Waals surface area (Å²) < 4.78 is 0. The lowest BCUT2D eigenvalue weighted by Gasteiger charge is -2.16. The number of hydrogen-bond donors (Lipinski definition) is 2. The maximum Gasteiger partial charge on any atom is 0.164 e. The summed E-state index contributed by atoms with van der Waals surface area (Å²) in [6, 6.07) is 34.6. The number of nitrogens with zero attached hydrogens (tertiary/aromatic N) is 3. The van der Waals surface area contributed by atoms with E-state index in [-0.39, 0.29) is 11.4 Å². The van der Waals surface area contributed by atoms with E-state index in [0.29, 0.717) is 17.5 Å². The van der Waals surface area contributed by atoms with E-state index in [1.165, 1.54) is 5.39 Å². The van der Waals surface area contributed by atoms with Gasteiger partial charge in [-0.2, -0.15) is 0 Å². The van der Waals surface area contributed by atoms with E-state index < -0.39 is 0 Å². The zero-order valence-electron chi connectivity index (χ0n) is 20.3. The van der Waals surface area contributed by atoms with Crippen LogP contribution in [0.1, 0.15) is 11.1 Å². The first-order valence-electron chi connectivity index (χ1n) is 12.4. The molecule has 0 saturated heterocycles. The zero-order valence-corrected chi connectivity index (χ0v) is 20.3. The molecule has 0 spiro atoms. The quantitative estimate of drug-likeness (QED) is 0.270. The molecule has 0 bridgehead atoms. The highest BCUT2D eigenvalue weighted by atomic mass is 15.0. The summed E-state index contributed by atoms with van der Waals surface area (Å²) >= 11 is 0. The number of aromatic nitrogens is 3. The van der Waals surface area contributed by atoms with Crippen molar-refractivity contribution in [1.82, 2.24) is 15.0 Å². The fourth-order valence-corrected chi connectivity index (χ4v) is 4.97. The highest BCUT2D eigenvalue weighted by molar-refractivity contribution is 6.53. The monoisotopic (exact) mass is 487 g/mol. The first-order chi connectivity index (χ1) is 18.6. The standard InChI is InChI=1S/C33H21N5/c34-28-17-15-21-11-12-24-19-26(14-16-27(24)29(21)30(28)35)33-37-31(22-7-2-1-3-8-22)36-32(38-33)25-13-10-20-6-4-5-9-23(20)18-25/h1-19,34-35H. The molecule has 0 atom stereocenters. The summed E-state index contributed by atoms with van der Waals surface area (Å²) in [5.74, 6) is 1.82. The van der Waals surface area contributed by atoms with Crippen LogP contribution in [0.2, 0.25) is 0 Å². The average Bonchev–Trinajstić information content (AvgIpc) is 2.98. The fraction of sp³-hybridized carbons (Fsp3) is 0. The molecule has 1 aliphatic carbocycles. The highest BCUT2D eigenvalue weighted by Crippen LogP contribution is 2.32. The first-order valence-corrected chi connectivity index (χ1v) is 12.4. The third kappa shape index (κ3) is 3.69. The molecule has 1 heterocycles. The topological polar surface area (TPSA) is 86.4 Å². The minimum absolute atomic E-state index is 0.221. The minimum Gasteiger partial charge on any atom is -0.299 e. The third-order valence-corrected chi connectivity index (χ3v) is 6.93. The van der Waals surface area contributed by atoms with Crippen molar-refractivity contribution in [1.29, 1.82) is 10.8 Å². The molecular weight excluding hydrogens is 466 g/mol. The summed E-state index contributed by atoms with van der Waals surface area (Å²) in [4.78, 5) is 14.7. The number of benzene rings is 5. The van der Waals surface area contributed by atoms with Crippen LogP contribution in [-0.2, 0) is 0 Å². The largest absolute Gasteiger partial charge is 0.299 e. The van der Waals surface area contributed by atoms with Crippen molar-refractivity contribution >= 4 is 39.0 Å². The maximum absolute atomic E-state index is 8.47. The SMILES string of the molecule is N=C1C=Cc2ccc3cc(-c4nc(-c5ccccc5)nc(-c5ccc6ccccc6c5)n4)ccc3c2C1=N. The van der Waals surface area contributed by atoms with Crippen LogP contribution >= 0.6 is 0 Å². The van der Waals surface area contributed by atoms with E-state index in [9.17, 15) is 0 Å². The lowest BCUT2D eigenvalue weighted by molar-refractivity contribution is 1.08. The Balaban J connectivity index is 1.41. The second kappa shape index (κ2) is 8.68. The van der Waals surface area contributed by atoms with E-state index in [0.717, 1.165) is 44.0 Å². The molecule has 0 saturated carbocycles. The molecule has 0 unspecified atom stereocenters. The molecule has 1 aliphatic rings. The summed E-state index contributed by atoms with van der Waals surface area (Å²) in [7, 11) is 0. The number of nitrogens with one attached hydrogen (secondary N) is 2. The molecule has 0 fully saturated rings. The van der Waals surface area contributed by atoms with Gasteiger partial charge in [0, 0.05) is 22.3 Å². The second-order valence-corrected chi connectivity index (χ2v) is 9.32. The summed E-state index contributed by atoms with van der Waals surface area (Å²) in [5, 5.41) is 20.8. The molecule has 5 nitrogen and oxygen atoms in total. The lowest BCUT2D eigenvalue weighted by Crippen LogP contribution is -2.16. The Kier molecular flexibility index (Phi) is 5.01. The predicted molar refractivity (Wildman–Crippen MR) is 155 cm³/mol. The van der Waals surface area contributed by atoms with Crippen molar-refractivity contribution in [3.05, 3.63) is 120 Å². The fourth-order valence-electron chi connectivity index (χ4n) is 4.97. The Hall–Kier alpha value is -5.29. The summed E-state index contributed by atoms with van der Waals surface area (Å²) in [6.07, 6.45) is 3.58. The highest BCUT2D eigenvalue weighted by Gasteiger charge is 2.19. The van der Waals surface area contributed by atoms with Crippen molar-refractivity contribution in [3.8, 4) is 34.2 Å². The van der Waals surface area contributed by atoms with Crippen LogP contribution in [0.4, 0.5) is 0 Å². The van der Waals surface area contributed by atoms with Crippen molar-refractivity contribution in [2.75, 3.05) is 0 Å². The van der Waals surface area contributed by atoms with E-state index in [1.807, 2.05) is 72.8 Å². The van der Waals surface area contributed by atoms with Gasteiger partial charge in [0.05, 0.1) is 11.4 Å². The Morgan fingerprint density at radius 2 is 1.08 bits per heavy atom. The summed E-state index contributed by atoms with van der Waals surface area (Å²) in [6.45, 7) is 0. The Bertz CT molecular complexity index is 1950. The van der Waals surface area contributed by atoms with Crippen LogP contribution in [0.15, 0.2) is 109 Å². The van der Waals surface area contributed by atoms with Gasteiger partial charge < -0.3 is 0 Å². The van der Waals surface area contributed by atoms with Crippen LogP contribution in [0.3, 0.4) is 0 Å².